The molecule has 2 heterocycles. The van der Waals surface area contributed by atoms with Gasteiger partial charge in [-0.3, -0.25) is 4.98 Å². The summed E-state index contributed by atoms with van der Waals surface area (Å²) >= 11 is 0. The predicted octanol–water partition coefficient (Wildman–Crippen LogP) is 11.0. The van der Waals surface area contributed by atoms with Gasteiger partial charge in [0.1, 0.15) is 11.7 Å². The van der Waals surface area contributed by atoms with Gasteiger partial charge in [-0.1, -0.05) is 140 Å². The fraction of sp³-hybridized carbons (Fsp3) is 0.0217. The van der Waals surface area contributed by atoms with Crippen LogP contribution in [0.3, 0.4) is 0 Å². The van der Waals surface area contributed by atoms with Crippen molar-refractivity contribution in [1.29, 1.82) is 0 Å². The third kappa shape index (κ3) is 4.73. The van der Waals surface area contributed by atoms with E-state index in [9.17, 15) is 0 Å². The van der Waals surface area contributed by atoms with E-state index in [2.05, 4.69) is 157 Å². The molecule has 0 radical (unpaired) electrons. The second-order valence-electron chi connectivity index (χ2n) is 12.9. The fourth-order valence-corrected chi connectivity index (χ4v) is 7.47. The lowest BCUT2D eigenvalue weighted by atomic mass is 9.94. The molecule has 0 aliphatic carbocycles. The number of aliphatic imine (C=N–C) groups is 2. The molecule has 0 fully saturated rings. The van der Waals surface area contributed by atoms with Crippen molar-refractivity contribution in [3.63, 3.8) is 0 Å². The average Bonchev–Trinajstić information content (AvgIpc) is 3.20. The number of nitrogens with zero attached hydrogens (tertiary/aromatic N) is 3. The Morgan fingerprint density at radius 3 is 1.68 bits per heavy atom. The van der Waals surface area contributed by atoms with Crippen LogP contribution in [-0.4, -0.2) is 16.7 Å². The van der Waals surface area contributed by atoms with Crippen LogP contribution >= 0.6 is 0 Å². The molecule has 234 valence electrons. The molecule has 0 saturated heterocycles. The third-order valence-electron chi connectivity index (χ3n) is 9.92. The average molecular weight is 639 g/mol. The van der Waals surface area contributed by atoms with Gasteiger partial charge in [0.2, 0.25) is 0 Å². The number of benzene rings is 8. The molecule has 0 amide bonds. The Labute approximate surface area is 289 Å². The molecule has 0 bridgehead atoms. The minimum atomic E-state index is -0.453. The number of nitrogens with one attached hydrogen (secondary N) is 1. The van der Waals surface area contributed by atoms with Crippen LogP contribution in [0.15, 0.2) is 180 Å². The van der Waals surface area contributed by atoms with Crippen LogP contribution in [0.1, 0.15) is 22.9 Å². The van der Waals surface area contributed by atoms with Crippen molar-refractivity contribution in [1.82, 2.24) is 10.3 Å². The van der Waals surface area contributed by atoms with Gasteiger partial charge >= 0.3 is 0 Å². The maximum Gasteiger partial charge on any atom is 0.170 e. The van der Waals surface area contributed by atoms with E-state index in [-0.39, 0.29) is 0 Å². The molecule has 10 rings (SSSR count). The van der Waals surface area contributed by atoms with Crippen molar-refractivity contribution in [2.24, 2.45) is 9.98 Å². The lowest BCUT2D eigenvalue weighted by molar-refractivity contribution is 0.763. The SMILES string of the molecule is c1ccc2ncc(-c3ccc(C4=NC(c5cc6ccccc6c6ccccc56)N=C(c5cc6ccccc6c6ccccc56)N4)cc3)cc2c1. The van der Waals surface area contributed by atoms with E-state index in [1.165, 1.54) is 32.3 Å². The second kappa shape index (κ2) is 11.5. The van der Waals surface area contributed by atoms with E-state index in [1.807, 2.05) is 18.3 Å². The Hall–Kier alpha value is -6.65. The van der Waals surface area contributed by atoms with Gasteiger partial charge in [-0.25, -0.2) is 9.98 Å². The molecule has 9 aromatic rings. The second-order valence-corrected chi connectivity index (χ2v) is 12.9. The first-order valence-corrected chi connectivity index (χ1v) is 17.0. The van der Waals surface area contributed by atoms with Crippen molar-refractivity contribution in [3.05, 3.63) is 187 Å². The van der Waals surface area contributed by atoms with Crippen LogP contribution in [-0.2, 0) is 0 Å². The zero-order chi connectivity index (χ0) is 33.0. The topological polar surface area (TPSA) is 49.6 Å². The summed E-state index contributed by atoms with van der Waals surface area (Å²) in [7, 11) is 0. The minimum Gasteiger partial charge on any atom is -0.324 e. The molecule has 0 saturated carbocycles. The van der Waals surface area contributed by atoms with E-state index in [4.69, 9.17) is 15.0 Å². The predicted molar refractivity (Wildman–Crippen MR) is 209 cm³/mol. The van der Waals surface area contributed by atoms with Crippen LogP contribution in [0.25, 0.3) is 65.1 Å². The molecule has 1 aliphatic rings. The quantitative estimate of drug-likeness (QED) is 0.195. The van der Waals surface area contributed by atoms with Gasteiger partial charge in [0.05, 0.1) is 5.52 Å². The Balaban J connectivity index is 1.15. The summed E-state index contributed by atoms with van der Waals surface area (Å²) in [5, 5.41) is 14.4. The van der Waals surface area contributed by atoms with Crippen LogP contribution in [0.4, 0.5) is 0 Å². The molecule has 0 spiro atoms. The van der Waals surface area contributed by atoms with E-state index < -0.39 is 6.17 Å². The Bertz CT molecular complexity index is 2850. The Morgan fingerprint density at radius 1 is 0.400 bits per heavy atom. The fourth-order valence-electron chi connectivity index (χ4n) is 7.47. The van der Waals surface area contributed by atoms with Crippen LogP contribution < -0.4 is 5.32 Å². The maximum absolute atomic E-state index is 5.42. The number of hydrogen-bond donors (Lipinski definition) is 1. The summed E-state index contributed by atoms with van der Waals surface area (Å²) in [6.07, 6.45) is 1.50. The number of fused-ring (bicyclic) bond motifs is 7. The highest BCUT2D eigenvalue weighted by atomic mass is 15.2. The van der Waals surface area contributed by atoms with Gasteiger partial charge in [0.25, 0.3) is 0 Å². The normalized spacial score (nSPS) is 14.6. The van der Waals surface area contributed by atoms with Crippen LogP contribution in [0, 0.1) is 0 Å². The molecule has 1 unspecified atom stereocenters. The van der Waals surface area contributed by atoms with Crippen molar-refractivity contribution < 1.29 is 0 Å². The van der Waals surface area contributed by atoms with Gasteiger partial charge in [-0.2, -0.15) is 0 Å². The smallest absolute Gasteiger partial charge is 0.170 e. The van der Waals surface area contributed by atoms with Crippen LogP contribution in [0.2, 0.25) is 0 Å². The van der Waals surface area contributed by atoms with Gasteiger partial charge in [0, 0.05) is 33.8 Å². The highest BCUT2D eigenvalue weighted by molar-refractivity contribution is 6.24. The largest absolute Gasteiger partial charge is 0.324 e. The molecular weight excluding hydrogens is 609 g/mol. The van der Waals surface area contributed by atoms with Gasteiger partial charge in [-0.15, -0.1) is 0 Å². The molecule has 4 heteroatoms. The summed E-state index contributed by atoms with van der Waals surface area (Å²) in [4.78, 5) is 15.5. The zero-order valence-corrected chi connectivity index (χ0v) is 27.1. The van der Waals surface area contributed by atoms with Crippen LogP contribution in [0.5, 0.6) is 0 Å². The highest BCUT2D eigenvalue weighted by Crippen LogP contribution is 2.37. The lowest BCUT2D eigenvalue weighted by Crippen LogP contribution is -2.36. The summed E-state index contributed by atoms with van der Waals surface area (Å²) < 4.78 is 0. The van der Waals surface area contributed by atoms with Gasteiger partial charge < -0.3 is 5.32 Å². The maximum atomic E-state index is 5.42. The lowest BCUT2D eigenvalue weighted by Gasteiger charge is -2.24. The van der Waals surface area contributed by atoms with Gasteiger partial charge in [0.15, 0.2) is 6.17 Å². The zero-order valence-electron chi connectivity index (χ0n) is 27.1. The van der Waals surface area contributed by atoms with Crippen molar-refractivity contribution >= 4 is 65.7 Å². The van der Waals surface area contributed by atoms with E-state index in [0.717, 1.165) is 61.2 Å². The number of amidine groups is 2. The molecule has 1 N–H and O–H groups in total. The molecule has 1 aromatic heterocycles. The molecule has 1 aliphatic heterocycles. The minimum absolute atomic E-state index is 0.453. The van der Waals surface area contributed by atoms with Crippen molar-refractivity contribution in [2.75, 3.05) is 0 Å². The Kier molecular flexibility index (Phi) is 6.53. The first-order chi connectivity index (χ1) is 24.8. The molecule has 1 atom stereocenters. The highest BCUT2D eigenvalue weighted by Gasteiger charge is 2.24. The summed E-state index contributed by atoms with van der Waals surface area (Å²) in [5.74, 6) is 1.60. The van der Waals surface area contributed by atoms with Gasteiger partial charge in [-0.05, 0) is 72.9 Å². The first-order valence-electron chi connectivity index (χ1n) is 17.0. The number of pyridine rings is 1. The number of hydrogen-bond acceptors (Lipinski definition) is 4. The summed E-state index contributed by atoms with van der Waals surface area (Å²) in [6.45, 7) is 0. The standard InChI is InChI=1S/C46H30N4/c1-4-14-35-31(11-1)26-41(39-18-8-6-16-37(35)39)45-48-44(30-23-21-29(22-24-30)34-25-33-13-3-10-20-43(33)47-28-34)49-46(50-45)42-27-32-12-2-5-15-36(32)38-17-7-9-19-40(38)42/h1-28,45H,(H,48,49,50). The number of para-hydroxylation sites is 1. The molecule has 8 aromatic carbocycles. The summed E-state index contributed by atoms with van der Waals surface area (Å²) in [6, 6.07) is 57.9. The van der Waals surface area contributed by atoms with E-state index in [1.54, 1.807) is 0 Å². The molecular formula is C46H30N4. The molecule has 50 heavy (non-hydrogen) atoms. The van der Waals surface area contributed by atoms with Crippen molar-refractivity contribution in [2.45, 2.75) is 6.17 Å². The van der Waals surface area contributed by atoms with E-state index in [0.29, 0.717) is 0 Å². The molecule has 4 nitrogen and oxygen atoms in total. The summed E-state index contributed by atoms with van der Waals surface area (Å²) in [5.41, 5.74) is 6.32. The number of aromatic nitrogens is 1. The van der Waals surface area contributed by atoms with Crippen molar-refractivity contribution in [3.8, 4) is 11.1 Å². The first kappa shape index (κ1) is 28.4. The Morgan fingerprint density at radius 2 is 0.940 bits per heavy atom. The number of rotatable bonds is 4. The van der Waals surface area contributed by atoms with E-state index >= 15 is 0 Å². The third-order valence-corrected chi connectivity index (χ3v) is 9.92. The monoisotopic (exact) mass is 638 g/mol.